The highest BCUT2D eigenvalue weighted by Crippen LogP contribution is 2.36. The average molecular weight is 389 g/mol. The van der Waals surface area contributed by atoms with Crippen molar-refractivity contribution in [3.63, 3.8) is 0 Å². The molecular formula is C25H32N4. The summed E-state index contributed by atoms with van der Waals surface area (Å²) in [6, 6.07) is 26.5. The number of hydrogen-bond acceptors (Lipinski definition) is 4. The number of rotatable bonds is 8. The molecule has 0 heterocycles. The topological polar surface area (TPSA) is 39.3 Å². The molecule has 0 unspecified atom stereocenters. The van der Waals surface area contributed by atoms with Crippen LogP contribution in [-0.2, 0) is 0 Å². The lowest BCUT2D eigenvalue weighted by molar-refractivity contribution is 0.900. The highest BCUT2D eigenvalue weighted by atomic mass is 15.1. The van der Waals surface area contributed by atoms with Crippen LogP contribution in [0.15, 0.2) is 72.8 Å². The van der Waals surface area contributed by atoms with Crippen LogP contribution in [0.2, 0.25) is 0 Å². The zero-order valence-electron chi connectivity index (χ0n) is 18.0. The van der Waals surface area contributed by atoms with Gasteiger partial charge in [0.05, 0.1) is 0 Å². The van der Waals surface area contributed by atoms with Crippen LogP contribution in [0.5, 0.6) is 0 Å². The minimum atomic E-state index is 0.409. The van der Waals surface area contributed by atoms with Gasteiger partial charge in [-0.1, -0.05) is 0 Å². The lowest BCUT2D eigenvalue weighted by atomic mass is 10.1. The summed E-state index contributed by atoms with van der Waals surface area (Å²) in [6.07, 6.45) is 0. The molecule has 3 N–H and O–H groups in total. The molecule has 0 bridgehead atoms. The Morgan fingerprint density at radius 3 is 1.10 bits per heavy atom. The van der Waals surface area contributed by atoms with E-state index in [0.29, 0.717) is 12.1 Å². The van der Waals surface area contributed by atoms with Crippen LogP contribution in [0.25, 0.3) is 0 Å². The van der Waals surface area contributed by atoms with Crippen molar-refractivity contribution in [2.45, 2.75) is 39.8 Å². The van der Waals surface area contributed by atoms with Gasteiger partial charge in [0, 0.05) is 53.3 Å². The third kappa shape index (κ3) is 5.44. The van der Waals surface area contributed by atoms with Crippen molar-refractivity contribution in [2.75, 3.05) is 27.9 Å². The predicted octanol–water partition coefficient (Wildman–Crippen LogP) is 6.84. The van der Waals surface area contributed by atoms with Crippen LogP contribution in [-0.4, -0.2) is 19.1 Å². The fourth-order valence-electron chi connectivity index (χ4n) is 3.30. The van der Waals surface area contributed by atoms with Gasteiger partial charge >= 0.3 is 0 Å². The number of nitrogens with zero attached hydrogens (tertiary/aromatic N) is 1. The maximum Gasteiger partial charge on any atom is 0.0463 e. The van der Waals surface area contributed by atoms with Crippen molar-refractivity contribution < 1.29 is 0 Å². The zero-order chi connectivity index (χ0) is 20.8. The van der Waals surface area contributed by atoms with Gasteiger partial charge in [-0.2, -0.15) is 0 Å². The molecule has 0 fully saturated rings. The van der Waals surface area contributed by atoms with E-state index in [-0.39, 0.29) is 0 Å². The molecule has 3 rings (SSSR count). The van der Waals surface area contributed by atoms with E-state index in [1.165, 1.54) is 0 Å². The van der Waals surface area contributed by atoms with Crippen LogP contribution in [0.3, 0.4) is 0 Å². The summed E-state index contributed by atoms with van der Waals surface area (Å²) in [5.41, 5.74) is 6.73. The smallest absolute Gasteiger partial charge is 0.0463 e. The Morgan fingerprint density at radius 2 is 0.828 bits per heavy atom. The Balaban J connectivity index is 1.97. The predicted molar refractivity (Wildman–Crippen MR) is 128 cm³/mol. The molecular weight excluding hydrogens is 356 g/mol. The van der Waals surface area contributed by atoms with Gasteiger partial charge in [-0.3, -0.25) is 0 Å². The number of nitrogens with one attached hydrogen (secondary N) is 3. The first-order valence-corrected chi connectivity index (χ1v) is 10.3. The second kappa shape index (κ2) is 9.37. The van der Waals surface area contributed by atoms with Crippen molar-refractivity contribution in [3.05, 3.63) is 72.8 Å². The molecule has 3 aromatic rings. The second-order valence-corrected chi connectivity index (χ2v) is 7.82. The summed E-state index contributed by atoms with van der Waals surface area (Å²) in [4.78, 5) is 2.28. The lowest BCUT2D eigenvalue weighted by Crippen LogP contribution is -2.12. The third-order valence-electron chi connectivity index (χ3n) is 4.58. The maximum absolute atomic E-state index is 3.46. The third-order valence-corrected chi connectivity index (χ3v) is 4.58. The van der Waals surface area contributed by atoms with Gasteiger partial charge in [-0.05, 0) is 100 Å². The Labute approximate surface area is 175 Å². The van der Waals surface area contributed by atoms with Crippen LogP contribution < -0.4 is 20.9 Å². The van der Waals surface area contributed by atoms with Crippen LogP contribution in [0.4, 0.5) is 34.1 Å². The molecule has 4 heteroatoms. The van der Waals surface area contributed by atoms with Crippen molar-refractivity contribution in [1.29, 1.82) is 0 Å². The van der Waals surface area contributed by atoms with Gasteiger partial charge in [0.2, 0.25) is 0 Å². The van der Waals surface area contributed by atoms with Crippen LogP contribution in [0.1, 0.15) is 27.7 Å². The molecule has 0 radical (unpaired) electrons. The minimum Gasteiger partial charge on any atom is -0.388 e. The van der Waals surface area contributed by atoms with E-state index < -0.39 is 0 Å². The van der Waals surface area contributed by atoms with Gasteiger partial charge in [0.15, 0.2) is 0 Å². The molecule has 152 valence electrons. The molecule has 4 nitrogen and oxygen atoms in total. The summed E-state index contributed by atoms with van der Waals surface area (Å²) < 4.78 is 0. The molecule has 29 heavy (non-hydrogen) atoms. The molecule has 0 saturated carbocycles. The number of hydrogen-bond donors (Lipinski definition) is 3. The van der Waals surface area contributed by atoms with Gasteiger partial charge in [0.25, 0.3) is 0 Å². The van der Waals surface area contributed by atoms with Gasteiger partial charge in [-0.15, -0.1) is 0 Å². The summed E-state index contributed by atoms with van der Waals surface area (Å²) in [5.74, 6) is 0. The van der Waals surface area contributed by atoms with E-state index in [0.717, 1.165) is 34.1 Å². The zero-order valence-corrected chi connectivity index (χ0v) is 18.0. The van der Waals surface area contributed by atoms with E-state index >= 15 is 0 Å². The first kappa shape index (κ1) is 20.6. The van der Waals surface area contributed by atoms with E-state index in [1.54, 1.807) is 0 Å². The summed E-state index contributed by atoms with van der Waals surface area (Å²) in [7, 11) is 1.94. The molecule has 0 saturated heterocycles. The van der Waals surface area contributed by atoms with E-state index in [9.17, 15) is 0 Å². The fourth-order valence-corrected chi connectivity index (χ4v) is 3.30. The molecule has 0 aromatic heterocycles. The van der Waals surface area contributed by atoms with E-state index in [1.807, 2.05) is 7.05 Å². The summed E-state index contributed by atoms with van der Waals surface area (Å²) >= 11 is 0. The van der Waals surface area contributed by atoms with Crippen molar-refractivity contribution in [2.24, 2.45) is 0 Å². The lowest BCUT2D eigenvalue weighted by Gasteiger charge is -2.26. The quantitative estimate of drug-likeness (QED) is 0.395. The Morgan fingerprint density at radius 1 is 0.517 bits per heavy atom. The number of benzene rings is 3. The normalized spacial score (nSPS) is 10.9. The van der Waals surface area contributed by atoms with Gasteiger partial charge in [0.1, 0.15) is 0 Å². The summed E-state index contributed by atoms with van der Waals surface area (Å²) in [6.45, 7) is 8.60. The number of anilines is 6. The van der Waals surface area contributed by atoms with E-state index in [4.69, 9.17) is 0 Å². The maximum atomic E-state index is 3.46. The highest BCUT2D eigenvalue weighted by Gasteiger charge is 2.13. The van der Waals surface area contributed by atoms with Crippen LogP contribution in [0, 0.1) is 0 Å². The van der Waals surface area contributed by atoms with Gasteiger partial charge < -0.3 is 20.9 Å². The minimum absolute atomic E-state index is 0.409. The first-order valence-electron chi connectivity index (χ1n) is 10.3. The van der Waals surface area contributed by atoms with Crippen LogP contribution >= 0.6 is 0 Å². The standard InChI is InChI=1S/C25H32N4/c1-18(2)27-21-8-14-24(15-9-21)29(23-12-6-20(26-5)7-13-23)25-16-10-22(11-17-25)28-19(3)4/h6-19,26-28H,1-5H3. The SMILES string of the molecule is CNc1ccc(N(c2ccc(NC(C)C)cc2)c2ccc(NC(C)C)cc2)cc1. The average Bonchev–Trinajstić information content (AvgIpc) is 2.70. The Hall–Kier alpha value is -3.14. The summed E-state index contributed by atoms with van der Waals surface area (Å²) in [5, 5.41) is 10.1. The van der Waals surface area contributed by atoms with E-state index in [2.05, 4.69) is 121 Å². The molecule has 0 aliphatic carbocycles. The molecule has 0 aliphatic heterocycles. The second-order valence-electron chi connectivity index (χ2n) is 7.82. The van der Waals surface area contributed by atoms with Gasteiger partial charge in [-0.25, -0.2) is 0 Å². The Kier molecular flexibility index (Phi) is 6.65. The molecule has 0 spiro atoms. The molecule has 0 amide bonds. The Bertz CT molecular complexity index is 828. The fraction of sp³-hybridized carbons (Fsp3) is 0.280. The largest absolute Gasteiger partial charge is 0.388 e. The molecule has 3 aromatic carbocycles. The molecule has 0 atom stereocenters. The van der Waals surface area contributed by atoms with Crippen molar-refractivity contribution in [3.8, 4) is 0 Å². The monoisotopic (exact) mass is 388 g/mol. The van der Waals surface area contributed by atoms with Crippen molar-refractivity contribution >= 4 is 34.1 Å². The molecule has 0 aliphatic rings. The highest BCUT2D eigenvalue weighted by molar-refractivity contribution is 5.78. The van der Waals surface area contributed by atoms with Crippen molar-refractivity contribution in [1.82, 2.24) is 0 Å². The first-order chi connectivity index (χ1) is 14.0.